The molecule has 17 heavy (non-hydrogen) atoms. The van der Waals surface area contributed by atoms with E-state index in [1.807, 2.05) is 17.8 Å². The molecule has 2 aromatic rings. The zero-order valence-electron chi connectivity index (χ0n) is 11.1. The highest BCUT2D eigenvalue weighted by Crippen LogP contribution is 2.24. The van der Waals surface area contributed by atoms with Crippen LogP contribution >= 0.6 is 0 Å². The van der Waals surface area contributed by atoms with Gasteiger partial charge in [-0.05, 0) is 11.5 Å². The first-order chi connectivity index (χ1) is 7.89. The minimum absolute atomic E-state index is 0.110. The average Bonchev–Trinajstić information content (AvgIpc) is 2.56. The number of aromatic nitrogens is 2. The predicted molar refractivity (Wildman–Crippen MR) is 71.8 cm³/mol. The van der Waals surface area contributed by atoms with Gasteiger partial charge >= 0.3 is 0 Å². The molecule has 0 bridgehead atoms. The summed E-state index contributed by atoms with van der Waals surface area (Å²) in [6, 6.07) is 8.43. The summed E-state index contributed by atoms with van der Waals surface area (Å²) >= 11 is 0. The van der Waals surface area contributed by atoms with Crippen molar-refractivity contribution < 1.29 is 0 Å². The van der Waals surface area contributed by atoms with E-state index in [0.29, 0.717) is 0 Å². The molecule has 1 atom stereocenters. The van der Waals surface area contributed by atoms with Crippen LogP contribution in [-0.4, -0.2) is 15.8 Å². The molecule has 0 aliphatic carbocycles. The fourth-order valence-corrected chi connectivity index (χ4v) is 1.95. The second kappa shape index (κ2) is 4.15. The van der Waals surface area contributed by atoms with Crippen molar-refractivity contribution in [3.05, 3.63) is 30.0 Å². The summed E-state index contributed by atoms with van der Waals surface area (Å²) in [5.41, 5.74) is 8.62. The van der Waals surface area contributed by atoms with Gasteiger partial charge in [0.15, 0.2) is 0 Å². The molecule has 1 aromatic carbocycles. The van der Waals surface area contributed by atoms with Crippen LogP contribution < -0.4 is 5.73 Å². The summed E-state index contributed by atoms with van der Waals surface area (Å²) in [6.45, 7) is 6.51. The van der Waals surface area contributed by atoms with Crippen molar-refractivity contribution >= 4 is 10.9 Å². The van der Waals surface area contributed by atoms with Gasteiger partial charge in [-0.25, -0.2) is 0 Å². The Morgan fingerprint density at radius 2 is 1.94 bits per heavy atom. The lowest BCUT2D eigenvalue weighted by Gasteiger charge is -2.26. The van der Waals surface area contributed by atoms with Gasteiger partial charge in [-0.1, -0.05) is 39.0 Å². The van der Waals surface area contributed by atoms with E-state index in [0.717, 1.165) is 12.1 Å². The second-order valence-electron chi connectivity index (χ2n) is 5.76. The lowest BCUT2D eigenvalue weighted by molar-refractivity contribution is 0.317. The first-order valence-electron chi connectivity index (χ1n) is 6.06. The van der Waals surface area contributed by atoms with Crippen LogP contribution in [0.1, 0.15) is 26.5 Å². The quantitative estimate of drug-likeness (QED) is 0.863. The standard InChI is InChI=1S/C14H21N3/c1-14(2,3)13(15)9-11-10-7-5-6-8-12(10)17(4)16-11/h5-8,13H,9,15H2,1-4H3. The van der Waals surface area contributed by atoms with Gasteiger partial charge in [0.25, 0.3) is 0 Å². The van der Waals surface area contributed by atoms with Crippen LogP contribution in [0.25, 0.3) is 10.9 Å². The van der Waals surface area contributed by atoms with Crippen molar-refractivity contribution in [1.29, 1.82) is 0 Å². The Balaban J connectivity index is 2.37. The van der Waals surface area contributed by atoms with Crippen molar-refractivity contribution in [1.82, 2.24) is 9.78 Å². The van der Waals surface area contributed by atoms with E-state index >= 15 is 0 Å². The van der Waals surface area contributed by atoms with E-state index in [9.17, 15) is 0 Å². The Morgan fingerprint density at radius 1 is 1.29 bits per heavy atom. The zero-order valence-corrected chi connectivity index (χ0v) is 11.1. The van der Waals surface area contributed by atoms with Gasteiger partial charge in [-0.2, -0.15) is 5.10 Å². The predicted octanol–water partition coefficient (Wildman–Crippen LogP) is 2.49. The van der Waals surface area contributed by atoms with E-state index in [2.05, 4.69) is 44.1 Å². The van der Waals surface area contributed by atoms with E-state index in [4.69, 9.17) is 5.73 Å². The summed E-state index contributed by atoms with van der Waals surface area (Å²) in [6.07, 6.45) is 0.824. The lowest BCUT2D eigenvalue weighted by atomic mass is 9.84. The SMILES string of the molecule is Cn1nc(CC(N)C(C)(C)C)c2ccccc21. The second-order valence-corrected chi connectivity index (χ2v) is 5.76. The number of hydrogen-bond donors (Lipinski definition) is 1. The van der Waals surface area contributed by atoms with Crippen molar-refractivity contribution in [2.45, 2.75) is 33.2 Å². The molecule has 0 aliphatic rings. The summed E-state index contributed by atoms with van der Waals surface area (Å²) in [5.74, 6) is 0. The number of hydrogen-bond acceptors (Lipinski definition) is 2. The molecule has 3 nitrogen and oxygen atoms in total. The lowest BCUT2D eigenvalue weighted by Crippen LogP contribution is -2.37. The number of rotatable bonds is 2. The maximum Gasteiger partial charge on any atom is 0.0718 e. The van der Waals surface area contributed by atoms with Crippen molar-refractivity contribution in [2.24, 2.45) is 18.2 Å². The molecule has 1 heterocycles. The molecule has 0 amide bonds. The number of nitrogens with zero attached hydrogens (tertiary/aromatic N) is 2. The Bertz CT molecular complexity index is 520. The van der Waals surface area contributed by atoms with E-state index in [1.165, 1.54) is 10.9 Å². The monoisotopic (exact) mass is 231 g/mol. The van der Waals surface area contributed by atoms with Gasteiger partial charge in [0.05, 0.1) is 11.2 Å². The normalized spacial score (nSPS) is 14.2. The molecule has 3 heteroatoms. The van der Waals surface area contributed by atoms with Gasteiger partial charge in [-0.3, -0.25) is 4.68 Å². The number of para-hydroxylation sites is 1. The number of fused-ring (bicyclic) bond motifs is 1. The number of aryl methyl sites for hydroxylation is 1. The molecule has 92 valence electrons. The topological polar surface area (TPSA) is 43.8 Å². The maximum atomic E-state index is 6.23. The third-order valence-corrected chi connectivity index (χ3v) is 3.36. The van der Waals surface area contributed by atoms with Crippen LogP contribution in [0.15, 0.2) is 24.3 Å². The molecule has 0 radical (unpaired) electrons. The maximum absolute atomic E-state index is 6.23. The van der Waals surface area contributed by atoms with Crippen LogP contribution in [0, 0.1) is 5.41 Å². The van der Waals surface area contributed by atoms with Gasteiger partial charge in [-0.15, -0.1) is 0 Å². The molecule has 1 aromatic heterocycles. The van der Waals surface area contributed by atoms with Crippen molar-refractivity contribution in [2.75, 3.05) is 0 Å². The molecular weight excluding hydrogens is 210 g/mol. The first kappa shape index (κ1) is 12.1. The highest BCUT2D eigenvalue weighted by atomic mass is 15.3. The highest BCUT2D eigenvalue weighted by Gasteiger charge is 2.22. The summed E-state index contributed by atoms with van der Waals surface area (Å²) in [4.78, 5) is 0. The molecule has 0 saturated heterocycles. The largest absolute Gasteiger partial charge is 0.327 e. The van der Waals surface area contributed by atoms with E-state index < -0.39 is 0 Å². The minimum Gasteiger partial charge on any atom is -0.327 e. The first-order valence-corrected chi connectivity index (χ1v) is 6.06. The van der Waals surface area contributed by atoms with Crippen molar-refractivity contribution in [3.63, 3.8) is 0 Å². The molecular formula is C14H21N3. The Morgan fingerprint density at radius 3 is 2.59 bits per heavy atom. The van der Waals surface area contributed by atoms with E-state index in [1.54, 1.807) is 0 Å². The fraction of sp³-hybridized carbons (Fsp3) is 0.500. The Kier molecular flexibility index (Phi) is 2.96. The molecule has 2 N–H and O–H groups in total. The molecule has 2 rings (SSSR count). The third kappa shape index (κ3) is 2.34. The fourth-order valence-electron chi connectivity index (χ4n) is 1.95. The van der Waals surface area contributed by atoms with Crippen LogP contribution in [0.5, 0.6) is 0 Å². The smallest absolute Gasteiger partial charge is 0.0718 e. The van der Waals surface area contributed by atoms with E-state index in [-0.39, 0.29) is 11.5 Å². The third-order valence-electron chi connectivity index (χ3n) is 3.36. The summed E-state index contributed by atoms with van der Waals surface area (Å²) < 4.78 is 1.93. The summed E-state index contributed by atoms with van der Waals surface area (Å²) in [7, 11) is 1.98. The van der Waals surface area contributed by atoms with Gasteiger partial charge in [0.1, 0.15) is 0 Å². The van der Waals surface area contributed by atoms with Crippen molar-refractivity contribution in [3.8, 4) is 0 Å². The molecule has 0 saturated carbocycles. The van der Waals surface area contributed by atoms with Crippen LogP contribution in [0.2, 0.25) is 0 Å². The Labute approximate surface area is 103 Å². The van der Waals surface area contributed by atoms with Gasteiger partial charge < -0.3 is 5.73 Å². The highest BCUT2D eigenvalue weighted by molar-refractivity contribution is 5.81. The Hall–Kier alpha value is -1.35. The van der Waals surface area contributed by atoms with Crippen LogP contribution in [0.4, 0.5) is 0 Å². The minimum atomic E-state index is 0.110. The van der Waals surface area contributed by atoms with Crippen LogP contribution in [0.3, 0.4) is 0 Å². The average molecular weight is 231 g/mol. The zero-order chi connectivity index (χ0) is 12.6. The molecule has 0 aliphatic heterocycles. The molecule has 0 spiro atoms. The molecule has 0 fully saturated rings. The van der Waals surface area contributed by atoms with Gasteiger partial charge in [0, 0.05) is 24.9 Å². The summed E-state index contributed by atoms with van der Waals surface area (Å²) in [5, 5.41) is 5.80. The van der Waals surface area contributed by atoms with Crippen LogP contribution in [-0.2, 0) is 13.5 Å². The number of nitrogens with two attached hydrogens (primary N) is 1. The van der Waals surface area contributed by atoms with Gasteiger partial charge in [0.2, 0.25) is 0 Å². The molecule has 1 unspecified atom stereocenters. The number of benzene rings is 1.